The Morgan fingerprint density at radius 3 is 2.35 bits per heavy atom. The van der Waals surface area contributed by atoms with Gasteiger partial charge in [-0.3, -0.25) is 9.69 Å². The van der Waals surface area contributed by atoms with E-state index in [1.165, 1.54) is 0 Å². The first-order chi connectivity index (χ1) is 11.1. The van der Waals surface area contributed by atoms with Crippen molar-refractivity contribution in [3.8, 4) is 0 Å². The maximum atomic E-state index is 10.7. The van der Waals surface area contributed by atoms with E-state index in [-0.39, 0.29) is 5.16 Å². The van der Waals surface area contributed by atoms with E-state index < -0.39 is 11.1 Å². The van der Waals surface area contributed by atoms with Gasteiger partial charge in [-0.1, -0.05) is 43.6 Å². The van der Waals surface area contributed by atoms with Gasteiger partial charge in [-0.15, -0.1) is 0 Å². The molecule has 0 radical (unpaired) electrons. The van der Waals surface area contributed by atoms with Gasteiger partial charge in [0.1, 0.15) is 0 Å². The van der Waals surface area contributed by atoms with E-state index in [1.807, 2.05) is 44.2 Å². The summed E-state index contributed by atoms with van der Waals surface area (Å²) in [4.78, 5) is 7.54. The molecule has 0 amide bonds. The van der Waals surface area contributed by atoms with Crippen molar-refractivity contribution < 1.29 is 8.76 Å². The monoisotopic (exact) mass is 371 g/mol. The molecule has 0 aliphatic rings. The Kier molecular flexibility index (Phi) is 8.90. The fourth-order valence-electron chi connectivity index (χ4n) is 1.54. The topological polar surface area (TPSA) is 92.0 Å². The molecule has 0 aliphatic carbocycles. The summed E-state index contributed by atoms with van der Waals surface area (Å²) in [6, 6.07) is 14.8. The van der Waals surface area contributed by atoms with Crippen LogP contribution in [0.4, 0.5) is 0 Å². The summed E-state index contributed by atoms with van der Waals surface area (Å²) < 4.78 is 19.5. The Labute approximate surface area is 147 Å². The van der Waals surface area contributed by atoms with Crippen LogP contribution in [-0.4, -0.2) is 18.7 Å². The molecule has 124 valence electrons. The molecule has 0 fully saturated rings. The van der Waals surface area contributed by atoms with Gasteiger partial charge in [0.2, 0.25) is 16.2 Å². The number of fused-ring (bicyclic) bond motifs is 1. The quantitative estimate of drug-likeness (QED) is 0.456. The van der Waals surface area contributed by atoms with E-state index in [0.29, 0.717) is 11.0 Å². The Morgan fingerprint density at radius 2 is 1.87 bits per heavy atom. The van der Waals surface area contributed by atoms with Crippen molar-refractivity contribution in [2.24, 2.45) is 5.14 Å². The van der Waals surface area contributed by atoms with Gasteiger partial charge in [0.25, 0.3) is 0 Å². The molecule has 3 rings (SSSR count). The number of nitrogens with zero attached hydrogens (tertiary/aromatic N) is 1. The predicted molar refractivity (Wildman–Crippen MR) is 98.0 cm³/mol. The molecule has 1 unspecified atom stereocenters. The van der Waals surface area contributed by atoms with Crippen LogP contribution in [-0.2, 0) is 11.1 Å². The smallest absolute Gasteiger partial charge is 0.225 e. The largest absolute Gasteiger partial charge is 0.329 e. The van der Waals surface area contributed by atoms with Crippen LogP contribution in [0.2, 0.25) is 5.02 Å². The number of aromatic nitrogens is 2. The Bertz CT molecular complexity index is 751. The second-order valence-corrected chi connectivity index (χ2v) is 5.91. The second-order valence-electron chi connectivity index (χ2n) is 3.88. The van der Waals surface area contributed by atoms with Crippen molar-refractivity contribution in [3.63, 3.8) is 0 Å². The van der Waals surface area contributed by atoms with Crippen LogP contribution in [0.5, 0.6) is 0 Å². The summed E-state index contributed by atoms with van der Waals surface area (Å²) in [5.74, 6) is 0. The molecule has 2 aromatic carbocycles. The minimum atomic E-state index is -2.07. The molecule has 0 saturated carbocycles. The van der Waals surface area contributed by atoms with Gasteiger partial charge in [-0.05, 0) is 42.3 Å². The van der Waals surface area contributed by atoms with Gasteiger partial charge in [0, 0.05) is 9.92 Å². The molecule has 5 nitrogen and oxygen atoms in total. The van der Waals surface area contributed by atoms with Gasteiger partial charge in [-0.25, -0.2) is 9.19 Å². The third-order valence-electron chi connectivity index (χ3n) is 2.47. The second kappa shape index (κ2) is 10.4. The van der Waals surface area contributed by atoms with Gasteiger partial charge in [0.05, 0.1) is 11.0 Å². The van der Waals surface area contributed by atoms with Crippen molar-refractivity contribution >= 4 is 45.7 Å². The van der Waals surface area contributed by atoms with Crippen molar-refractivity contribution in [1.82, 2.24) is 9.97 Å². The van der Waals surface area contributed by atoms with Gasteiger partial charge >= 0.3 is 0 Å². The summed E-state index contributed by atoms with van der Waals surface area (Å²) in [6.45, 7) is 4.00. The normalized spacial score (nSPS) is 11.0. The first-order valence-electron chi connectivity index (χ1n) is 6.78. The summed E-state index contributed by atoms with van der Waals surface area (Å²) in [5.41, 5.74) is 1.36. The van der Waals surface area contributed by atoms with Crippen molar-refractivity contribution in [2.75, 3.05) is 0 Å². The highest BCUT2D eigenvalue weighted by Gasteiger charge is 2.07. The molecule has 3 aromatic rings. The van der Waals surface area contributed by atoms with Crippen LogP contribution in [0, 0.1) is 0 Å². The Hall–Kier alpha value is -1.38. The number of benzene rings is 2. The minimum absolute atomic E-state index is 0.0548. The van der Waals surface area contributed by atoms with E-state index in [4.69, 9.17) is 21.3 Å². The molecule has 23 heavy (non-hydrogen) atoms. The van der Waals surface area contributed by atoms with Crippen LogP contribution < -0.4 is 5.14 Å². The average Bonchev–Trinajstić information content (AvgIpc) is 3.01. The molecule has 0 spiro atoms. The van der Waals surface area contributed by atoms with E-state index in [2.05, 4.69) is 9.97 Å². The molecule has 8 heteroatoms. The molecular weight excluding hydrogens is 354 g/mol. The summed E-state index contributed by atoms with van der Waals surface area (Å²) in [7, 11) is 0. The highest BCUT2D eigenvalue weighted by Crippen LogP contribution is 2.19. The first-order valence-corrected chi connectivity index (χ1v) is 9.14. The lowest BCUT2D eigenvalue weighted by Crippen LogP contribution is -1.89. The number of hydrogen-bond acceptors (Lipinski definition) is 4. The van der Waals surface area contributed by atoms with E-state index in [9.17, 15) is 4.21 Å². The van der Waals surface area contributed by atoms with Crippen molar-refractivity contribution in [1.29, 1.82) is 0 Å². The molecule has 4 N–H and O–H groups in total. The zero-order chi connectivity index (χ0) is 17.2. The van der Waals surface area contributed by atoms with E-state index in [1.54, 1.807) is 18.2 Å². The van der Waals surface area contributed by atoms with Crippen molar-refractivity contribution in [2.45, 2.75) is 23.9 Å². The maximum Gasteiger partial charge on any atom is 0.225 e. The summed E-state index contributed by atoms with van der Waals surface area (Å²) >= 11 is 4.58. The number of H-pyrrole nitrogens is 1. The van der Waals surface area contributed by atoms with Crippen LogP contribution in [0.25, 0.3) is 11.0 Å². The lowest BCUT2D eigenvalue weighted by Gasteiger charge is -1.92. The summed E-state index contributed by atoms with van der Waals surface area (Å²) in [5, 5.41) is 6.23. The minimum Gasteiger partial charge on any atom is -0.329 e. The molecule has 0 bridgehead atoms. The number of imidazole rings is 1. The van der Waals surface area contributed by atoms with Crippen LogP contribution in [0.1, 0.15) is 13.8 Å². The SMILES string of the molecule is CC.Clc1ccccc1.NSc1ccc2nc(S(=O)O)[nH]c2c1. The van der Waals surface area contributed by atoms with Gasteiger partial charge in [-0.2, -0.15) is 0 Å². The number of nitrogens with one attached hydrogen (secondary N) is 1. The Balaban J connectivity index is 0.000000247. The lowest BCUT2D eigenvalue weighted by molar-refractivity contribution is 0.557. The fourth-order valence-corrected chi connectivity index (χ4v) is 2.39. The molecule has 0 saturated heterocycles. The molecular formula is C15H18ClN3O2S2. The molecule has 1 heterocycles. The highest BCUT2D eigenvalue weighted by atomic mass is 35.5. The number of nitrogens with two attached hydrogens (primary N) is 1. The fraction of sp³-hybridized carbons (Fsp3) is 0.133. The number of aromatic amines is 1. The zero-order valence-electron chi connectivity index (χ0n) is 12.7. The number of halogens is 1. The molecule has 1 atom stereocenters. The number of hydrogen-bond donors (Lipinski definition) is 3. The van der Waals surface area contributed by atoms with E-state index in [0.717, 1.165) is 21.9 Å². The Morgan fingerprint density at radius 1 is 1.22 bits per heavy atom. The van der Waals surface area contributed by atoms with Crippen LogP contribution >= 0.6 is 23.5 Å². The van der Waals surface area contributed by atoms with Gasteiger partial charge in [0.15, 0.2) is 0 Å². The average molecular weight is 372 g/mol. The molecule has 0 aliphatic heterocycles. The highest BCUT2D eigenvalue weighted by molar-refractivity contribution is 7.97. The maximum absolute atomic E-state index is 10.7. The first kappa shape index (κ1) is 19.7. The standard InChI is InChI=1S/C7H7N3O2S2.C6H5Cl.C2H6/c8-13-4-1-2-5-6(3-4)10-7(9-5)14(11)12;7-6-4-2-1-3-5-6;1-2/h1-3H,8H2,(H,9,10)(H,11,12);1-5H;1-2H3. The molecule has 1 aromatic heterocycles. The third kappa shape index (κ3) is 6.32. The zero-order valence-corrected chi connectivity index (χ0v) is 15.1. The van der Waals surface area contributed by atoms with Crippen LogP contribution in [0.3, 0.4) is 0 Å². The third-order valence-corrected chi connectivity index (χ3v) is 3.77. The number of rotatable bonds is 2. The van der Waals surface area contributed by atoms with E-state index >= 15 is 0 Å². The lowest BCUT2D eigenvalue weighted by atomic mass is 10.3. The predicted octanol–water partition coefficient (Wildman–Crippen LogP) is 4.48. The van der Waals surface area contributed by atoms with Crippen molar-refractivity contribution in [3.05, 3.63) is 53.6 Å². The van der Waals surface area contributed by atoms with Crippen LogP contribution in [0.15, 0.2) is 58.6 Å². The summed E-state index contributed by atoms with van der Waals surface area (Å²) in [6.07, 6.45) is 0. The van der Waals surface area contributed by atoms with Gasteiger partial charge < -0.3 is 4.98 Å².